The normalized spacial score (nSPS) is 9.52. The van der Waals surface area contributed by atoms with E-state index >= 15 is 0 Å². The molecule has 106 valence electrons. The van der Waals surface area contributed by atoms with Gasteiger partial charge in [0.1, 0.15) is 6.33 Å². The van der Waals surface area contributed by atoms with Crippen molar-refractivity contribution >= 4 is 23.7 Å². The minimum absolute atomic E-state index is 0. The first-order valence-corrected chi connectivity index (χ1v) is 6.73. The van der Waals surface area contributed by atoms with Gasteiger partial charge in [-0.25, -0.2) is 9.89 Å². The number of pyridine rings is 1. The summed E-state index contributed by atoms with van der Waals surface area (Å²) < 4.78 is 1.52. The van der Waals surface area contributed by atoms with E-state index in [9.17, 15) is 4.79 Å². The highest BCUT2D eigenvalue weighted by Crippen LogP contribution is 2.16. The van der Waals surface area contributed by atoms with Crippen LogP contribution < -0.4 is 5.69 Å². The van der Waals surface area contributed by atoms with Gasteiger partial charge in [-0.2, -0.15) is 5.10 Å². The van der Waals surface area contributed by atoms with Crippen LogP contribution in [0.25, 0.3) is 0 Å². The Morgan fingerprint density at radius 1 is 1.29 bits per heavy atom. The lowest BCUT2D eigenvalue weighted by Gasteiger charge is -1.94. The van der Waals surface area contributed by atoms with Gasteiger partial charge in [-0.3, -0.25) is 9.55 Å². The summed E-state index contributed by atoms with van der Waals surface area (Å²) in [6.45, 7) is 0.509. The Bertz CT molecular complexity index is 826. The second-order valence-corrected chi connectivity index (χ2v) is 5.22. The zero-order valence-electron chi connectivity index (χ0n) is 10.8. The maximum atomic E-state index is 11.4. The van der Waals surface area contributed by atoms with E-state index in [0.29, 0.717) is 6.54 Å². The van der Waals surface area contributed by atoms with Crippen LogP contribution in [-0.2, 0) is 6.54 Å². The van der Waals surface area contributed by atoms with Crippen molar-refractivity contribution in [3.05, 3.63) is 68.8 Å². The highest BCUT2D eigenvalue weighted by molar-refractivity contribution is 7.12. The molecular weight excluding hydrogens is 308 g/mol. The van der Waals surface area contributed by atoms with Gasteiger partial charge in [0, 0.05) is 22.8 Å². The maximum absolute atomic E-state index is 11.4. The molecule has 1 N–H and O–H groups in total. The van der Waals surface area contributed by atoms with Crippen LogP contribution in [0.2, 0.25) is 0 Å². The molecule has 21 heavy (non-hydrogen) atoms. The maximum Gasteiger partial charge on any atom is 0.343 e. The lowest BCUT2D eigenvalue weighted by Crippen LogP contribution is -2.16. The van der Waals surface area contributed by atoms with Crippen molar-refractivity contribution in [3.63, 3.8) is 0 Å². The average molecular weight is 319 g/mol. The second kappa shape index (κ2) is 6.88. The SMILES string of the molecule is Cl.O=c1[nH]ncn1Cc1ccc(C#Cc2cccnc2)s1. The summed E-state index contributed by atoms with van der Waals surface area (Å²) in [5.74, 6) is 6.15. The minimum atomic E-state index is -0.207. The van der Waals surface area contributed by atoms with Gasteiger partial charge < -0.3 is 0 Å². The fraction of sp³-hybridized carbons (Fsp3) is 0.0714. The van der Waals surface area contributed by atoms with E-state index in [-0.39, 0.29) is 18.1 Å². The molecule has 0 atom stereocenters. The van der Waals surface area contributed by atoms with Crippen LogP contribution in [0.4, 0.5) is 0 Å². The molecule has 7 heteroatoms. The van der Waals surface area contributed by atoms with Crippen LogP contribution in [-0.4, -0.2) is 19.7 Å². The van der Waals surface area contributed by atoms with Crippen LogP contribution in [0.1, 0.15) is 15.3 Å². The zero-order valence-corrected chi connectivity index (χ0v) is 12.4. The molecule has 0 aliphatic rings. The molecule has 3 heterocycles. The predicted molar refractivity (Wildman–Crippen MR) is 83.7 cm³/mol. The molecule has 0 fully saturated rings. The molecule has 0 saturated heterocycles. The van der Waals surface area contributed by atoms with Gasteiger partial charge in [0.2, 0.25) is 0 Å². The third-order valence-electron chi connectivity index (χ3n) is 2.60. The predicted octanol–water partition coefficient (Wildman–Crippen LogP) is 1.90. The van der Waals surface area contributed by atoms with E-state index in [1.807, 2.05) is 24.3 Å². The molecule has 0 spiro atoms. The molecule has 0 amide bonds. The van der Waals surface area contributed by atoms with Crippen LogP contribution >= 0.6 is 23.7 Å². The van der Waals surface area contributed by atoms with Crippen molar-refractivity contribution in [3.8, 4) is 11.8 Å². The highest BCUT2D eigenvalue weighted by Gasteiger charge is 2.02. The topological polar surface area (TPSA) is 63.6 Å². The molecule has 3 aromatic rings. The van der Waals surface area contributed by atoms with Crippen molar-refractivity contribution < 1.29 is 0 Å². The monoisotopic (exact) mass is 318 g/mol. The number of H-pyrrole nitrogens is 1. The molecule has 0 unspecified atom stereocenters. The number of rotatable bonds is 2. The van der Waals surface area contributed by atoms with Gasteiger partial charge in [-0.15, -0.1) is 23.7 Å². The molecule has 0 bridgehead atoms. The summed E-state index contributed by atoms with van der Waals surface area (Å²) in [6.07, 6.45) is 4.94. The quantitative estimate of drug-likeness (QED) is 0.734. The largest absolute Gasteiger partial charge is 0.343 e. The molecule has 0 saturated carbocycles. The molecule has 3 aromatic heterocycles. The molecule has 0 aliphatic heterocycles. The van der Waals surface area contributed by atoms with E-state index in [0.717, 1.165) is 15.3 Å². The Balaban J connectivity index is 0.00000161. The van der Waals surface area contributed by atoms with Crippen molar-refractivity contribution in [2.24, 2.45) is 0 Å². The lowest BCUT2D eigenvalue weighted by atomic mass is 10.3. The van der Waals surface area contributed by atoms with Crippen LogP contribution in [0.3, 0.4) is 0 Å². The fourth-order valence-electron chi connectivity index (χ4n) is 1.65. The summed E-state index contributed by atoms with van der Waals surface area (Å²) in [5, 5.41) is 6.07. The highest BCUT2D eigenvalue weighted by atomic mass is 35.5. The van der Waals surface area contributed by atoms with Gasteiger partial charge in [0.15, 0.2) is 0 Å². The summed E-state index contributed by atoms with van der Waals surface area (Å²) >= 11 is 1.56. The van der Waals surface area contributed by atoms with Crippen molar-refractivity contribution in [1.29, 1.82) is 0 Å². The second-order valence-electron chi connectivity index (χ2n) is 4.05. The zero-order chi connectivity index (χ0) is 13.8. The number of hydrogen-bond acceptors (Lipinski definition) is 4. The van der Waals surface area contributed by atoms with Crippen LogP contribution in [0, 0.1) is 11.8 Å². The van der Waals surface area contributed by atoms with Gasteiger partial charge in [-0.1, -0.05) is 11.8 Å². The minimum Gasteiger partial charge on any atom is -0.276 e. The molecule has 0 aliphatic carbocycles. The van der Waals surface area contributed by atoms with E-state index in [1.54, 1.807) is 23.7 Å². The fourth-order valence-corrected chi connectivity index (χ4v) is 2.51. The van der Waals surface area contributed by atoms with Crippen molar-refractivity contribution in [2.75, 3.05) is 0 Å². The number of aromatic amines is 1. The van der Waals surface area contributed by atoms with Crippen LogP contribution in [0.5, 0.6) is 0 Å². The van der Waals surface area contributed by atoms with Crippen molar-refractivity contribution in [2.45, 2.75) is 6.54 Å². The smallest absolute Gasteiger partial charge is 0.276 e. The van der Waals surface area contributed by atoms with Gasteiger partial charge in [0.25, 0.3) is 0 Å². The summed E-state index contributed by atoms with van der Waals surface area (Å²) in [6, 6.07) is 7.70. The van der Waals surface area contributed by atoms with E-state index in [1.165, 1.54) is 10.9 Å². The summed E-state index contributed by atoms with van der Waals surface area (Å²) in [7, 11) is 0. The standard InChI is InChI=1S/C14H10N4OS.ClH/c19-14-17-16-10-18(14)9-13-6-5-12(20-13)4-3-11-2-1-7-15-8-11;/h1-2,5-8,10H,9H2,(H,17,19);1H. The van der Waals surface area contributed by atoms with Crippen LogP contribution in [0.15, 0.2) is 47.8 Å². The Labute approximate surface area is 131 Å². The van der Waals surface area contributed by atoms with E-state index in [2.05, 4.69) is 27.0 Å². The number of halogens is 1. The molecule has 5 nitrogen and oxygen atoms in total. The number of nitrogens with one attached hydrogen (secondary N) is 1. The third kappa shape index (κ3) is 3.81. The Hall–Kier alpha value is -2.36. The number of aromatic nitrogens is 4. The van der Waals surface area contributed by atoms with Gasteiger partial charge in [-0.05, 0) is 24.3 Å². The molecular formula is C14H11ClN4OS. The van der Waals surface area contributed by atoms with Gasteiger partial charge >= 0.3 is 5.69 Å². The number of nitrogens with zero attached hydrogens (tertiary/aromatic N) is 3. The summed E-state index contributed by atoms with van der Waals surface area (Å²) in [5.41, 5.74) is 0.676. The Morgan fingerprint density at radius 3 is 2.90 bits per heavy atom. The van der Waals surface area contributed by atoms with E-state index < -0.39 is 0 Å². The first kappa shape index (κ1) is 15.0. The molecule has 3 rings (SSSR count). The van der Waals surface area contributed by atoms with Gasteiger partial charge in [0.05, 0.1) is 11.4 Å². The Kier molecular flexibility index (Phi) is 4.93. The van der Waals surface area contributed by atoms with Crippen molar-refractivity contribution in [1.82, 2.24) is 19.7 Å². The molecule has 0 radical (unpaired) electrons. The first-order chi connectivity index (χ1) is 9.81. The molecule has 0 aromatic carbocycles. The Morgan fingerprint density at radius 2 is 2.19 bits per heavy atom. The number of thiophene rings is 1. The summed E-state index contributed by atoms with van der Waals surface area (Å²) in [4.78, 5) is 17.4. The lowest BCUT2D eigenvalue weighted by molar-refractivity contribution is 0.772. The number of hydrogen-bond donors (Lipinski definition) is 1. The third-order valence-corrected chi connectivity index (χ3v) is 3.58. The average Bonchev–Trinajstić information content (AvgIpc) is 3.08. The first-order valence-electron chi connectivity index (χ1n) is 5.92. The van der Waals surface area contributed by atoms with E-state index in [4.69, 9.17) is 0 Å².